The second kappa shape index (κ2) is 10.9. The molecular formula is C45H27N5S. The quantitative estimate of drug-likeness (QED) is 0.187. The molecule has 0 aliphatic heterocycles. The van der Waals surface area contributed by atoms with Gasteiger partial charge in [-0.3, -0.25) is 4.57 Å². The number of aromatic nitrogens is 5. The van der Waals surface area contributed by atoms with Crippen LogP contribution in [-0.2, 0) is 0 Å². The van der Waals surface area contributed by atoms with Crippen molar-refractivity contribution < 1.29 is 0 Å². The smallest absolute Gasteiger partial charge is 0.238 e. The first-order chi connectivity index (χ1) is 25.3. The maximum absolute atomic E-state index is 5.17. The van der Waals surface area contributed by atoms with Crippen LogP contribution in [0.2, 0.25) is 0 Å². The Labute approximate surface area is 296 Å². The first-order valence-electron chi connectivity index (χ1n) is 17.0. The summed E-state index contributed by atoms with van der Waals surface area (Å²) in [4.78, 5) is 15.3. The van der Waals surface area contributed by atoms with Crippen molar-refractivity contribution in [1.82, 2.24) is 24.1 Å². The topological polar surface area (TPSA) is 48.5 Å². The third kappa shape index (κ3) is 4.30. The minimum Gasteiger partial charge on any atom is -0.309 e. The van der Waals surface area contributed by atoms with Gasteiger partial charge in [-0.25, -0.2) is 4.98 Å². The van der Waals surface area contributed by atoms with E-state index in [0.29, 0.717) is 17.6 Å². The molecule has 0 N–H and O–H groups in total. The van der Waals surface area contributed by atoms with Gasteiger partial charge in [0.05, 0.1) is 22.1 Å². The van der Waals surface area contributed by atoms with E-state index in [9.17, 15) is 0 Å². The van der Waals surface area contributed by atoms with Crippen LogP contribution in [0.4, 0.5) is 0 Å². The van der Waals surface area contributed by atoms with Gasteiger partial charge in [-0.2, -0.15) is 9.97 Å². The molecule has 11 rings (SSSR count). The lowest BCUT2D eigenvalue weighted by atomic mass is 10.1. The van der Waals surface area contributed by atoms with Crippen LogP contribution in [0, 0.1) is 0 Å². The Hall–Kier alpha value is -6.63. The monoisotopic (exact) mass is 669 g/mol. The molecular weight excluding hydrogens is 643 g/mol. The normalized spacial score (nSPS) is 11.9. The molecule has 0 saturated carbocycles. The molecule has 0 amide bonds. The highest BCUT2D eigenvalue weighted by Crippen LogP contribution is 2.41. The summed E-state index contributed by atoms with van der Waals surface area (Å²) in [6.45, 7) is 0. The second-order valence-electron chi connectivity index (χ2n) is 12.9. The summed E-state index contributed by atoms with van der Waals surface area (Å²) < 4.78 is 7.22. The predicted octanol–water partition coefficient (Wildman–Crippen LogP) is 11.8. The van der Waals surface area contributed by atoms with E-state index < -0.39 is 0 Å². The minimum absolute atomic E-state index is 0.585. The van der Waals surface area contributed by atoms with Gasteiger partial charge in [-0.15, -0.1) is 11.3 Å². The summed E-state index contributed by atoms with van der Waals surface area (Å²) in [5, 5.41) is 7.31. The molecule has 238 valence electrons. The number of rotatable bonds is 4. The molecule has 0 aliphatic carbocycles. The lowest BCUT2D eigenvalue weighted by Crippen LogP contribution is -2.06. The summed E-state index contributed by atoms with van der Waals surface area (Å²) in [5.74, 6) is 1.86. The van der Waals surface area contributed by atoms with E-state index in [1.54, 1.807) is 0 Å². The fourth-order valence-electron chi connectivity index (χ4n) is 7.68. The standard InChI is InChI=1S/C45H27N5S/c1-3-13-28(14-4-1)43-46-44(29-15-5-2-6-16-29)48-45(47-43)50-38-21-11-8-18-32(38)35-26-34-31-17-7-10-20-37(31)49(39(34)27-40(35)50)30-23-24-42-36(25-30)33-19-9-12-22-41(33)51-42/h1-27H. The van der Waals surface area contributed by atoms with Crippen molar-refractivity contribution in [2.24, 2.45) is 0 Å². The molecule has 0 fully saturated rings. The highest BCUT2D eigenvalue weighted by molar-refractivity contribution is 7.25. The van der Waals surface area contributed by atoms with E-state index in [0.717, 1.165) is 44.1 Å². The van der Waals surface area contributed by atoms with Gasteiger partial charge in [0.15, 0.2) is 11.6 Å². The molecule has 0 atom stereocenters. The summed E-state index contributed by atoms with van der Waals surface area (Å²) in [7, 11) is 0. The summed E-state index contributed by atoms with van der Waals surface area (Å²) in [6, 6.07) is 57.9. The van der Waals surface area contributed by atoms with E-state index in [4.69, 9.17) is 15.0 Å². The third-order valence-electron chi connectivity index (χ3n) is 9.97. The Morgan fingerprint density at radius 2 is 0.882 bits per heavy atom. The molecule has 0 aliphatic rings. The molecule has 5 nitrogen and oxygen atoms in total. The zero-order chi connectivity index (χ0) is 33.5. The van der Waals surface area contributed by atoms with Crippen LogP contribution in [-0.4, -0.2) is 24.1 Å². The van der Waals surface area contributed by atoms with Crippen LogP contribution >= 0.6 is 11.3 Å². The molecule has 0 saturated heterocycles. The molecule has 4 heterocycles. The fraction of sp³-hybridized carbons (Fsp3) is 0. The molecule has 0 spiro atoms. The Kier molecular flexibility index (Phi) is 6.05. The predicted molar refractivity (Wildman–Crippen MR) is 212 cm³/mol. The van der Waals surface area contributed by atoms with Crippen LogP contribution in [0.15, 0.2) is 164 Å². The molecule has 6 heteroatoms. The van der Waals surface area contributed by atoms with Crippen molar-refractivity contribution in [2.75, 3.05) is 0 Å². The maximum atomic E-state index is 5.17. The summed E-state index contributed by atoms with van der Waals surface area (Å²) in [6.07, 6.45) is 0. The van der Waals surface area contributed by atoms with Crippen molar-refractivity contribution in [2.45, 2.75) is 0 Å². The van der Waals surface area contributed by atoms with Crippen LogP contribution < -0.4 is 0 Å². The van der Waals surface area contributed by atoms with Gasteiger partial charge in [-0.1, -0.05) is 115 Å². The molecule has 0 bridgehead atoms. The Morgan fingerprint density at radius 1 is 0.353 bits per heavy atom. The average molecular weight is 670 g/mol. The molecule has 51 heavy (non-hydrogen) atoms. The first-order valence-corrected chi connectivity index (χ1v) is 17.9. The van der Waals surface area contributed by atoms with Gasteiger partial charge >= 0.3 is 0 Å². The lowest BCUT2D eigenvalue weighted by molar-refractivity contribution is 0.953. The van der Waals surface area contributed by atoms with Crippen molar-refractivity contribution in [3.8, 4) is 34.4 Å². The van der Waals surface area contributed by atoms with Crippen LogP contribution in [0.3, 0.4) is 0 Å². The van der Waals surface area contributed by atoms with Crippen LogP contribution in [0.25, 0.3) is 98.2 Å². The van der Waals surface area contributed by atoms with E-state index in [-0.39, 0.29) is 0 Å². The molecule has 4 aromatic heterocycles. The van der Waals surface area contributed by atoms with Crippen molar-refractivity contribution in [1.29, 1.82) is 0 Å². The van der Waals surface area contributed by atoms with E-state index >= 15 is 0 Å². The highest BCUT2D eigenvalue weighted by Gasteiger charge is 2.21. The van der Waals surface area contributed by atoms with Gasteiger partial charge in [0.25, 0.3) is 0 Å². The number of fused-ring (bicyclic) bond motifs is 9. The third-order valence-corrected chi connectivity index (χ3v) is 11.1. The number of nitrogens with zero attached hydrogens (tertiary/aromatic N) is 5. The van der Waals surface area contributed by atoms with Gasteiger partial charge in [-0.05, 0) is 48.5 Å². The van der Waals surface area contributed by atoms with Crippen molar-refractivity contribution in [3.05, 3.63) is 164 Å². The zero-order valence-corrected chi connectivity index (χ0v) is 28.0. The van der Waals surface area contributed by atoms with Crippen molar-refractivity contribution in [3.63, 3.8) is 0 Å². The number of thiophene rings is 1. The average Bonchev–Trinajstić information content (AvgIpc) is 3.84. The second-order valence-corrected chi connectivity index (χ2v) is 14.0. The van der Waals surface area contributed by atoms with Gasteiger partial charge < -0.3 is 4.57 Å². The molecule has 7 aromatic carbocycles. The van der Waals surface area contributed by atoms with Crippen molar-refractivity contribution >= 4 is 75.1 Å². The molecule has 11 aromatic rings. The Balaban J connectivity index is 1.24. The first kappa shape index (κ1) is 28.2. The van der Waals surface area contributed by atoms with Gasteiger partial charge in [0.1, 0.15) is 0 Å². The lowest BCUT2D eigenvalue weighted by Gasteiger charge is -2.12. The molecule has 0 unspecified atom stereocenters. The van der Waals surface area contributed by atoms with Crippen LogP contribution in [0.5, 0.6) is 0 Å². The van der Waals surface area contributed by atoms with Gasteiger partial charge in [0.2, 0.25) is 5.95 Å². The Bertz CT molecular complexity index is 3080. The van der Waals surface area contributed by atoms with Gasteiger partial charge in [0, 0.05) is 58.5 Å². The minimum atomic E-state index is 0.585. The van der Waals surface area contributed by atoms with E-state index in [1.165, 1.54) is 36.5 Å². The largest absolute Gasteiger partial charge is 0.309 e. The van der Waals surface area contributed by atoms with Crippen LogP contribution in [0.1, 0.15) is 0 Å². The number of para-hydroxylation sites is 2. The zero-order valence-electron chi connectivity index (χ0n) is 27.2. The SMILES string of the molecule is c1ccc(-c2nc(-c3ccccc3)nc(-n3c4ccccc4c4cc5c6ccccc6n(-c6ccc7sc8ccccc8c7c6)c5cc43)n2)cc1. The summed E-state index contributed by atoms with van der Waals surface area (Å²) in [5.41, 5.74) is 7.42. The number of hydrogen-bond donors (Lipinski definition) is 0. The highest BCUT2D eigenvalue weighted by atomic mass is 32.1. The maximum Gasteiger partial charge on any atom is 0.238 e. The number of benzene rings is 7. The van der Waals surface area contributed by atoms with E-state index in [1.807, 2.05) is 47.7 Å². The van der Waals surface area contributed by atoms with E-state index in [2.05, 4.69) is 137 Å². The number of hydrogen-bond acceptors (Lipinski definition) is 4. The Morgan fingerprint density at radius 3 is 1.55 bits per heavy atom. The summed E-state index contributed by atoms with van der Waals surface area (Å²) >= 11 is 1.85. The molecule has 0 radical (unpaired) electrons. The fourth-order valence-corrected chi connectivity index (χ4v) is 8.76.